The van der Waals surface area contributed by atoms with Crippen molar-refractivity contribution in [3.8, 4) is 5.75 Å². The third-order valence-corrected chi connectivity index (χ3v) is 1.41. The van der Waals surface area contributed by atoms with Crippen molar-refractivity contribution in [2.24, 2.45) is 0 Å². The first-order chi connectivity index (χ1) is 5.43. The third-order valence-electron chi connectivity index (χ3n) is 1.17. The highest BCUT2D eigenvalue weighted by atomic mass is 32.1. The highest BCUT2D eigenvalue weighted by molar-refractivity contribution is 7.78. The Bertz CT molecular complexity index is 208. The lowest BCUT2D eigenvalue weighted by molar-refractivity contribution is 0.330. The second-order valence-electron chi connectivity index (χ2n) is 2.03. The monoisotopic (exact) mass is 165 g/mol. The Labute approximate surface area is 72.0 Å². The maximum atomic E-state index is 5.29. The Morgan fingerprint density at radius 1 is 1.55 bits per heavy atom. The van der Waals surface area contributed by atoms with Crippen LogP contribution in [0.3, 0.4) is 0 Å². The maximum absolute atomic E-state index is 5.29. The van der Waals surface area contributed by atoms with E-state index < -0.39 is 0 Å². The van der Waals surface area contributed by atoms with E-state index in [1.165, 1.54) is 0 Å². The van der Waals surface area contributed by atoms with Crippen LogP contribution in [0.2, 0.25) is 0 Å². The molecule has 2 heteroatoms. The molecule has 0 N–H and O–H groups in total. The summed E-state index contributed by atoms with van der Waals surface area (Å²) in [7, 11) is 0. The summed E-state index contributed by atoms with van der Waals surface area (Å²) in [6, 6.07) is 10.5. The summed E-state index contributed by atoms with van der Waals surface area (Å²) in [6.45, 7) is 0.643. The molecule has 57 valence electrons. The zero-order valence-corrected chi connectivity index (χ0v) is 6.93. The molecule has 11 heavy (non-hydrogen) atoms. The summed E-state index contributed by atoms with van der Waals surface area (Å²) >= 11 is 4.65. The van der Waals surface area contributed by atoms with Crippen LogP contribution in [-0.4, -0.2) is 12.0 Å². The molecule has 0 amide bonds. The molecule has 0 spiro atoms. The second kappa shape index (κ2) is 4.85. The fourth-order valence-electron chi connectivity index (χ4n) is 0.684. The van der Waals surface area contributed by atoms with E-state index in [-0.39, 0.29) is 0 Å². The number of ether oxygens (including phenoxy) is 1. The fourth-order valence-corrected chi connectivity index (χ4v) is 0.780. The van der Waals surface area contributed by atoms with Crippen LogP contribution in [0.4, 0.5) is 0 Å². The standard InChI is InChI=1S/C9H9OS/c11-8-4-7-10-9-5-2-1-3-6-9/h1-3,5,8H,4,7H2. The van der Waals surface area contributed by atoms with Gasteiger partial charge in [0.05, 0.1) is 6.61 Å². The predicted octanol–water partition coefficient (Wildman–Crippen LogP) is 2.26. The molecule has 0 atom stereocenters. The van der Waals surface area contributed by atoms with Crippen LogP contribution in [0.25, 0.3) is 0 Å². The van der Waals surface area contributed by atoms with Crippen LogP contribution >= 0.6 is 12.2 Å². The molecule has 1 aromatic carbocycles. The highest BCUT2D eigenvalue weighted by Crippen LogP contribution is 2.06. The van der Waals surface area contributed by atoms with Crippen LogP contribution in [0, 0.1) is 6.07 Å². The van der Waals surface area contributed by atoms with Gasteiger partial charge in [-0.25, -0.2) is 0 Å². The van der Waals surface area contributed by atoms with Crippen molar-refractivity contribution in [2.45, 2.75) is 6.42 Å². The molecule has 1 rings (SSSR count). The molecular formula is C9H9OS. The number of para-hydroxylation sites is 1. The van der Waals surface area contributed by atoms with E-state index in [9.17, 15) is 0 Å². The molecule has 0 heterocycles. The highest BCUT2D eigenvalue weighted by Gasteiger charge is 1.88. The lowest BCUT2D eigenvalue weighted by Gasteiger charge is -2.01. The van der Waals surface area contributed by atoms with Crippen LogP contribution < -0.4 is 4.74 Å². The van der Waals surface area contributed by atoms with E-state index in [4.69, 9.17) is 4.74 Å². The lowest BCUT2D eigenvalue weighted by Crippen LogP contribution is -1.96. The van der Waals surface area contributed by atoms with E-state index in [1.807, 2.05) is 24.3 Å². The average Bonchev–Trinajstić information content (AvgIpc) is 2.07. The Balaban J connectivity index is 2.33. The summed E-state index contributed by atoms with van der Waals surface area (Å²) in [4.78, 5) is 0. The van der Waals surface area contributed by atoms with E-state index in [0.29, 0.717) is 6.61 Å². The van der Waals surface area contributed by atoms with E-state index >= 15 is 0 Å². The van der Waals surface area contributed by atoms with E-state index in [1.54, 1.807) is 5.37 Å². The summed E-state index contributed by atoms with van der Waals surface area (Å²) in [5.41, 5.74) is 0. The molecule has 0 fully saturated rings. The van der Waals surface area contributed by atoms with Crippen LogP contribution in [0.1, 0.15) is 6.42 Å². The van der Waals surface area contributed by atoms with Gasteiger partial charge in [-0.2, -0.15) is 0 Å². The van der Waals surface area contributed by atoms with Crippen molar-refractivity contribution >= 4 is 17.6 Å². The van der Waals surface area contributed by atoms with Gasteiger partial charge in [0.25, 0.3) is 0 Å². The zero-order chi connectivity index (χ0) is 7.94. The fraction of sp³-hybridized carbons (Fsp3) is 0.222. The molecular weight excluding hydrogens is 156 g/mol. The number of thiocarbonyl (C=S) groups is 1. The normalized spacial score (nSPS) is 9.09. The van der Waals surface area contributed by atoms with Crippen molar-refractivity contribution in [1.82, 2.24) is 0 Å². The number of rotatable bonds is 4. The van der Waals surface area contributed by atoms with Crippen LogP contribution in [0.15, 0.2) is 24.3 Å². The van der Waals surface area contributed by atoms with Gasteiger partial charge in [0.15, 0.2) is 0 Å². The quantitative estimate of drug-likeness (QED) is 0.500. The molecule has 0 saturated carbocycles. The Hall–Kier alpha value is -0.890. The van der Waals surface area contributed by atoms with Crippen LogP contribution in [-0.2, 0) is 0 Å². The van der Waals surface area contributed by atoms with Gasteiger partial charge in [-0.15, -0.1) is 0 Å². The summed E-state index contributed by atoms with van der Waals surface area (Å²) < 4.78 is 5.29. The van der Waals surface area contributed by atoms with Gasteiger partial charge in [-0.3, -0.25) is 0 Å². The molecule has 1 nitrogen and oxygen atoms in total. The summed E-state index contributed by atoms with van der Waals surface area (Å²) in [6.07, 6.45) is 0.804. The Morgan fingerprint density at radius 2 is 2.45 bits per heavy atom. The number of benzene rings is 1. The van der Waals surface area contributed by atoms with Gasteiger partial charge in [0, 0.05) is 12.5 Å². The first-order valence-electron chi connectivity index (χ1n) is 3.46. The Morgan fingerprint density at radius 3 is 3.09 bits per heavy atom. The third kappa shape index (κ3) is 3.14. The average molecular weight is 165 g/mol. The van der Waals surface area contributed by atoms with Gasteiger partial charge < -0.3 is 4.74 Å². The van der Waals surface area contributed by atoms with Crippen molar-refractivity contribution in [2.75, 3.05) is 6.61 Å². The number of hydrogen-bond donors (Lipinski definition) is 0. The molecule has 0 saturated heterocycles. The van der Waals surface area contributed by atoms with Gasteiger partial charge >= 0.3 is 0 Å². The zero-order valence-electron chi connectivity index (χ0n) is 6.12. The van der Waals surface area contributed by atoms with Gasteiger partial charge in [-0.05, 0) is 11.4 Å². The Kier molecular flexibility index (Phi) is 3.62. The summed E-state index contributed by atoms with van der Waals surface area (Å²) in [5.74, 6) is 0.782. The SMILES string of the molecule is S=CCCOc1[c]cccc1. The van der Waals surface area contributed by atoms with Gasteiger partial charge in [0.2, 0.25) is 0 Å². The molecule has 0 aromatic heterocycles. The first kappa shape index (κ1) is 8.21. The topological polar surface area (TPSA) is 9.23 Å². The maximum Gasteiger partial charge on any atom is 0.127 e. The van der Waals surface area contributed by atoms with Crippen molar-refractivity contribution < 1.29 is 4.74 Å². The van der Waals surface area contributed by atoms with Crippen molar-refractivity contribution in [3.05, 3.63) is 30.3 Å². The minimum Gasteiger partial charge on any atom is -0.493 e. The molecule has 0 bridgehead atoms. The predicted molar refractivity (Wildman–Crippen MR) is 49.0 cm³/mol. The molecule has 0 aliphatic rings. The number of hydrogen-bond acceptors (Lipinski definition) is 2. The van der Waals surface area contributed by atoms with E-state index in [2.05, 4.69) is 18.3 Å². The smallest absolute Gasteiger partial charge is 0.127 e. The van der Waals surface area contributed by atoms with E-state index in [0.717, 1.165) is 12.2 Å². The van der Waals surface area contributed by atoms with Crippen LogP contribution in [0.5, 0.6) is 5.75 Å². The van der Waals surface area contributed by atoms with Gasteiger partial charge in [0.1, 0.15) is 5.75 Å². The minimum atomic E-state index is 0.643. The largest absolute Gasteiger partial charge is 0.493 e. The van der Waals surface area contributed by atoms with Crippen molar-refractivity contribution in [1.29, 1.82) is 0 Å². The first-order valence-corrected chi connectivity index (χ1v) is 3.94. The van der Waals surface area contributed by atoms with Crippen molar-refractivity contribution in [3.63, 3.8) is 0 Å². The summed E-state index contributed by atoms with van der Waals surface area (Å²) in [5, 5.41) is 1.67. The molecule has 1 aromatic rings. The lowest BCUT2D eigenvalue weighted by atomic mass is 10.3. The minimum absolute atomic E-state index is 0.643. The van der Waals surface area contributed by atoms with Gasteiger partial charge in [-0.1, -0.05) is 30.4 Å². The molecule has 1 radical (unpaired) electrons. The molecule has 0 aliphatic carbocycles. The second-order valence-corrected chi connectivity index (χ2v) is 2.36. The molecule has 0 unspecified atom stereocenters. The molecule has 0 aliphatic heterocycles.